The van der Waals surface area contributed by atoms with Crippen molar-refractivity contribution in [2.45, 2.75) is 25.9 Å². The smallest absolute Gasteiger partial charge is 0.282 e. The number of hydrogen-bond donors (Lipinski definition) is 2. The number of carbonyl (C=O) groups excluding carboxylic acids is 1. The number of benzene rings is 2. The summed E-state index contributed by atoms with van der Waals surface area (Å²) in [5.41, 5.74) is 3.00. The van der Waals surface area contributed by atoms with Gasteiger partial charge in [-0.05, 0) is 44.2 Å². The first-order valence-electron chi connectivity index (χ1n) is 9.37. The molecule has 144 valence electrons. The van der Waals surface area contributed by atoms with Gasteiger partial charge in [0, 0.05) is 35.1 Å². The van der Waals surface area contributed by atoms with Crippen LogP contribution in [-0.4, -0.2) is 38.3 Å². The Kier molecular flexibility index (Phi) is 6.72. The van der Waals surface area contributed by atoms with E-state index in [9.17, 15) is 4.79 Å². The first-order valence-corrected chi connectivity index (χ1v) is 9.75. The fourth-order valence-corrected chi connectivity index (χ4v) is 3.61. The molecule has 1 amide bonds. The fraction of sp³-hybridized carbons (Fsp3) is 0.381. The van der Waals surface area contributed by atoms with Crippen molar-refractivity contribution in [3.05, 3.63) is 59.1 Å². The molecular weight excluding hydrogens is 362 g/mol. The molecule has 0 aliphatic carbocycles. The van der Waals surface area contributed by atoms with Gasteiger partial charge in [0.15, 0.2) is 6.04 Å². The minimum absolute atomic E-state index is 0.0203. The highest BCUT2D eigenvalue weighted by Gasteiger charge is 2.21. The molecule has 3 rings (SSSR count). The third kappa shape index (κ3) is 5.22. The van der Waals surface area contributed by atoms with Crippen molar-refractivity contribution in [3.63, 3.8) is 0 Å². The zero-order valence-electron chi connectivity index (χ0n) is 15.8. The molecule has 2 aromatic carbocycles. The van der Waals surface area contributed by atoms with Crippen LogP contribution in [0.5, 0.6) is 0 Å². The molecule has 3 N–H and O–H groups in total. The van der Waals surface area contributed by atoms with Crippen LogP contribution in [0.2, 0.25) is 5.02 Å². The fourth-order valence-electron chi connectivity index (χ4n) is 3.30. The van der Waals surface area contributed by atoms with Gasteiger partial charge in [-0.15, -0.1) is 0 Å². The number of morpholine rings is 1. The summed E-state index contributed by atoms with van der Waals surface area (Å²) in [6.45, 7) is 7.28. The second kappa shape index (κ2) is 9.22. The van der Waals surface area contributed by atoms with Crippen molar-refractivity contribution in [2.24, 2.45) is 0 Å². The van der Waals surface area contributed by atoms with E-state index in [1.807, 2.05) is 60.8 Å². The highest BCUT2D eigenvalue weighted by Crippen LogP contribution is 2.20. The third-order valence-corrected chi connectivity index (χ3v) is 5.24. The molecule has 0 unspecified atom stereocenters. The van der Waals surface area contributed by atoms with E-state index in [-0.39, 0.29) is 18.0 Å². The molecule has 0 saturated carbocycles. The summed E-state index contributed by atoms with van der Waals surface area (Å²) in [5.74, 6) is -0.0203. The van der Waals surface area contributed by atoms with Crippen molar-refractivity contribution < 1.29 is 14.8 Å². The summed E-state index contributed by atoms with van der Waals surface area (Å²) >= 11 is 6.26. The summed E-state index contributed by atoms with van der Waals surface area (Å²) in [6, 6.07) is 15.6. The molecule has 0 aromatic heterocycles. The molecule has 0 bridgehead atoms. The Balaban J connectivity index is 1.55. The van der Waals surface area contributed by atoms with Gasteiger partial charge in [-0.2, -0.15) is 0 Å². The minimum Gasteiger partial charge on any atom is -0.378 e. The van der Waals surface area contributed by atoms with E-state index < -0.39 is 0 Å². The SMILES string of the molecule is C[C@H]([NH2+][C@H](C)C(=O)Nc1ccc(N2CCOCC2)cc1)c1ccccc1Cl. The molecule has 0 radical (unpaired) electrons. The maximum atomic E-state index is 12.5. The molecule has 1 saturated heterocycles. The lowest BCUT2D eigenvalue weighted by atomic mass is 10.1. The zero-order chi connectivity index (χ0) is 19.2. The molecule has 1 aliphatic heterocycles. The summed E-state index contributed by atoms with van der Waals surface area (Å²) in [5, 5.41) is 5.75. The Hall–Kier alpha value is -2.08. The number of carbonyl (C=O) groups is 1. The van der Waals surface area contributed by atoms with Crippen LogP contribution in [-0.2, 0) is 9.53 Å². The normalized spacial score (nSPS) is 16.6. The zero-order valence-corrected chi connectivity index (χ0v) is 16.6. The molecule has 6 heteroatoms. The predicted octanol–water partition coefficient (Wildman–Crippen LogP) is 2.83. The first-order chi connectivity index (χ1) is 13.0. The summed E-state index contributed by atoms with van der Waals surface area (Å²) in [7, 11) is 0. The standard InChI is InChI=1S/C21H26ClN3O2/c1-15(19-5-3-4-6-20(19)22)23-16(2)21(26)24-17-7-9-18(10-8-17)25-11-13-27-14-12-25/h3-10,15-16,23H,11-14H2,1-2H3,(H,24,26)/p+1/t15-,16+/m0/s1. The second-order valence-electron chi connectivity index (χ2n) is 6.93. The van der Waals surface area contributed by atoms with Crippen LogP contribution in [0.15, 0.2) is 48.5 Å². The van der Waals surface area contributed by atoms with E-state index in [2.05, 4.69) is 17.1 Å². The lowest BCUT2D eigenvalue weighted by Gasteiger charge is -2.29. The van der Waals surface area contributed by atoms with E-state index >= 15 is 0 Å². The first kappa shape index (κ1) is 19.7. The number of nitrogens with zero attached hydrogens (tertiary/aromatic N) is 1. The number of halogens is 1. The molecule has 27 heavy (non-hydrogen) atoms. The van der Waals surface area contributed by atoms with Gasteiger partial charge in [0.25, 0.3) is 5.91 Å². The van der Waals surface area contributed by atoms with Crippen LogP contribution >= 0.6 is 11.6 Å². The van der Waals surface area contributed by atoms with Crippen LogP contribution in [0.1, 0.15) is 25.5 Å². The Labute approximate surface area is 165 Å². The number of nitrogens with two attached hydrogens (primary N) is 1. The Bertz CT molecular complexity index is 760. The van der Waals surface area contributed by atoms with Crippen molar-refractivity contribution in [1.29, 1.82) is 0 Å². The topological polar surface area (TPSA) is 58.2 Å². The van der Waals surface area contributed by atoms with E-state index in [1.54, 1.807) is 0 Å². The number of amides is 1. The molecule has 1 aliphatic rings. The van der Waals surface area contributed by atoms with Gasteiger partial charge in [-0.1, -0.05) is 29.8 Å². The van der Waals surface area contributed by atoms with E-state index in [4.69, 9.17) is 16.3 Å². The average Bonchev–Trinajstić information content (AvgIpc) is 2.69. The van der Waals surface area contributed by atoms with Crippen LogP contribution in [0.3, 0.4) is 0 Å². The molecule has 2 aromatic rings. The summed E-state index contributed by atoms with van der Waals surface area (Å²) in [6.07, 6.45) is 0. The van der Waals surface area contributed by atoms with Crippen LogP contribution in [0.25, 0.3) is 0 Å². The number of ether oxygens (including phenoxy) is 1. The third-order valence-electron chi connectivity index (χ3n) is 4.90. The van der Waals surface area contributed by atoms with Gasteiger partial charge in [-0.3, -0.25) is 4.79 Å². The highest BCUT2D eigenvalue weighted by molar-refractivity contribution is 6.31. The largest absolute Gasteiger partial charge is 0.378 e. The Morgan fingerprint density at radius 3 is 2.44 bits per heavy atom. The van der Waals surface area contributed by atoms with Crippen molar-refractivity contribution in [1.82, 2.24) is 0 Å². The van der Waals surface area contributed by atoms with Gasteiger partial charge in [0.2, 0.25) is 0 Å². The Morgan fingerprint density at radius 2 is 1.78 bits per heavy atom. The molecule has 1 fully saturated rings. The van der Waals surface area contributed by atoms with Gasteiger partial charge in [0.05, 0.1) is 13.2 Å². The molecule has 0 spiro atoms. The van der Waals surface area contributed by atoms with E-state index in [0.717, 1.165) is 48.3 Å². The maximum absolute atomic E-state index is 12.5. The molecule has 5 nitrogen and oxygen atoms in total. The molecule has 2 atom stereocenters. The Morgan fingerprint density at radius 1 is 1.11 bits per heavy atom. The second-order valence-corrected chi connectivity index (χ2v) is 7.33. The van der Waals surface area contributed by atoms with Crippen LogP contribution in [0, 0.1) is 0 Å². The molecular formula is C21H27ClN3O2+. The van der Waals surface area contributed by atoms with E-state index in [1.165, 1.54) is 0 Å². The maximum Gasteiger partial charge on any atom is 0.282 e. The monoisotopic (exact) mass is 388 g/mol. The number of anilines is 2. The molecule has 1 heterocycles. The van der Waals surface area contributed by atoms with Crippen molar-refractivity contribution in [3.8, 4) is 0 Å². The number of hydrogen-bond acceptors (Lipinski definition) is 3. The van der Waals surface area contributed by atoms with Crippen LogP contribution in [0.4, 0.5) is 11.4 Å². The number of nitrogens with one attached hydrogen (secondary N) is 1. The average molecular weight is 389 g/mol. The van der Waals surface area contributed by atoms with Crippen LogP contribution < -0.4 is 15.5 Å². The van der Waals surface area contributed by atoms with Gasteiger partial charge < -0.3 is 20.3 Å². The summed E-state index contributed by atoms with van der Waals surface area (Å²) in [4.78, 5) is 14.8. The highest BCUT2D eigenvalue weighted by atomic mass is 35.5. The number of rotatable bonds is 6. The number of quaternary nitrogens is 1. The van der Waals surface area contributed by atoms with E-state index in [0.29, 0.717) is 0 Å². The minimum atomic E-state index is -0.227. The van der Waals surface area contributed by atoms with Gasteiger partial charge in [0.1, 0.15) is 6.04 Å². The summed E-state index contributed by atoms with van der Waals surface area (Å²) < 4.78 is 5.38. The quantitative estimate of drug-likeness (QED) is 0.800. The predicted molar refractivity (Wildman–Crippen MR) is 109 cm³/mol. The van der Waals surface area contributed by atoms with Gasteiger partial charge in [-0.25, -0.2) is 0 Å². The van der Waals surface area contributed by atoms with Gasteiger partial charge >= 0.3 is 0 Å². The lowest BCUT2D eigenvalue weighted by molar-refractivity contribution is -0.709. The van der Waals surface area contributed by atoms with Crippen molar-refractivity contribution >= 4 is 28.9 Å². The van der Waals surface area contributed by atoms with Crippen molar-refractivity contribution in [2.75, 3.05) is 36.5 Å². The lowest BCUT2D eigenvalue weighted by Crippen LogP contribution is -2.91.